The first-order chi connectivity index (χ1) is 9.83. The number of nitrogens with one attached hydrogen (secondary N) is 1. The van der Waals surface area contributed by atoms with Gasteiger partial charge in [0.25, 0.3) is 0 Å². The summed E-state index contributed by atoms with van der Waals surface area (Å²) in [7, 11) is 0. The van der Waals surface area contributed by atoms with Crippen LogP contribution in [0.2, 0.25) is 0 Å². The fourth-order valence-corrected chi connectivity index (χ4v) is 2.99. The van der Waals surface area contributed by atoms with Crippen LogP contribution < -0.4 is 5.32 Å². The van der Waals surface area contributed by atoms with E-state index < -0.39 is 11.7 Å². The molecule has 1 aromatic rings. The topological polar surface area (TPSA) is 12.0 Å². The Morgan fingerprint density at radius 1 is 1.14 bits per heavy atom. The normalized spacial score (nSPS) is 13.7. The van der Waals surface area contributed by atoms with E-state index in [0.717, 1.165) is 25.8 Å². The predicted octanol–water partition coefficient (Wildman–Crippen LogP) is 5.94. The van der Waals surface area contributed by atoms with E-state index in [1.54, 1.807) is 6.07 Å². The summed E-state index contributed by atoms with van der Waals surface area (Å²) in [6.45, 7) is 6.96. The Morgan fingerprint density at radius 3 is 2.24 bits per heavy atom. The van der Waals surface area contributed by atoms with Crippen LogP contribution in [0.4, 0.5) is 13.2 Å². The molecule has 0 aromatic heterocycles. The van der Waals surface area contributed by atoms with Crippen molar-refractivity contribution < 1.29 is 13.2 Å². The van der Waals surface area contributed by atoms with Crippen LogP contribution in [-0.4, -0.2) is 6.54 Å². The van der Waals surface area contributed by atoms with Crippen LogP contribution in [0.1, 0.15) is 57.2 Å². The predicted molar refractivity (Wildman–Crippen MR) is 84.3 cm³/mol. The van der Waals surface area contributed by atoms with Gasteiger partial charge in [-0.05, 0) is 36.6 Å². The molecular formula is C16H23BrF3N. The Bertz CT molecular complexity index is 442. The summed E-state index contributed by atoms with van der Waals surface area (Å²) in [5, 5.41) is 3.31. The van der Waals surface area contributed by atoms with Gasteiger partial charge in [-0.15, -0.1) is 0 Å². The summed E-state index contributed by atoms with van der Waals surface area (Å²) in [6, 6.07) is 4.50. The molecule has 1 unspecified atom stereocenters. The highest BCUT2D eigenvalue weighted by atomic mass is 79.9. The second-order valence-corrected chi connectivity index (χ2v) is 6.12. The third-order valence-electron chi connectivity index (χ3n) is 3.87. The van der Waals surface area contributed by atoms with Gasteiger partial charge in [0, 0.05) is 10.5 Å². The smallest absolute Gasteiger partial charge is 0.310 e. The zero-order chi connectivity index (χ0) is 16.0. The van der Waals surface area contributed by atoms with Crippen LogP contribution >= 0.6 is 15.9 Å². The Morgan fingerprint density at radius 2 is 1.76 bits per heavy atom. The molecule has 0 aliphatic rings. The second kappa shape index (κ2) is 8.18. The van der Waals surface area contributed by atoms with Gasteiger partial charge in [-0.1, -0.05) is 55.6 Å². The minimum Gasteiger partial charge on any atom is -0.310 e. The van der Waals surface area contributed by atoms with E-state index in [2.05, 4.69) is 35.1 Å². The highest BCUT2D eigenvalue weighted by Crippen LogP contribution is 2.37. The summed E-state index contributed by atoms with van der Waals surface area (Å²) >= 11 is 2.99. The molecule has 1 aromatic carbocycles. The average Bonchev–Trinajstić information content (AvgIpc) is 2.43. The van der Waals surface area contributed by atoms with E-state index in [1.807, 2.05) is 6.92 Å². The van der Waals surface area contributed by atoms with Crippen molar-refractivity contribution in [1.29, 1.82) is 0 Å². The lowest BCUT2D eigenvalue weighted by atomic mass is 9.90. The van der Waals surface area contributed by atoms with Gasteiger partial charge in [-0.25, -0.2) is 0 Å². The zero-order valence-electron chi connectivity index (χ0n) is 12.7. The third kappa shape index (κ3) is 5.29. The number of hydrogen-bond donors (Lipinski definition) is 1. The third-order valence-corrected chi connectivity index (χ3v) is 4.56. The molecule has 0 saturated carbocycles. The monoisotopic (exact) mass is 365 g/mol. The first kappa shape index (κ1) is 18.5. The Balaban J connectivity index is 3.08. The van der Waals surface area contributed by atoms with Crippen LogP contribution in [0.25, 0.3) is 0 Å². The molecule has 0 spiro atoms. The van der Waals surface area contributed by atoms with E-state index in [0.29, 0.717) is 11.5 Å². The molecule has 0 fully saturated rings. The highest BCUT2D eigenvalue weighted by molar-refractivity contribution is 9.10. The number of benzene rings is 1. The van der Waals surface area contributed by atoms with E-state index in [1.165, 1.54) is 12.1 Å². The summed E-state index contributed by atoms with van der Waals surface area (Å²) in [6.07, 6.45) is -1.39. The SMILES string of the molecule is CCNC(CC(CC)CC)c1ccc(Br)c(C(F)(F)F)c1. The fourth-order valence-electron chi connectivity index (χ4n) is 2.52. The molecule has 21 heavy (non-hydrogen) atoms. The van der Waals surface area contributed by atoms with Gasteiger partial charge in [-0.3, -0.25) is 0 Å². The van der Waals surface area contributed by atoms with Gasteiger partial charge >= 0.3 is 6.18 Å². The molecule has 0 aliphatic heterocycles. The van der Waals surface area contributed by atoms with Gasteiger partial charge in [0.05, 0.1) is 5.56 Å². The summed E-state index contributed by atoms with van der Waals surface area (Å²) in [4.78, 5) is 0. The van der Waals surface area contributed by atoms with E-state index in [4.69, 9.17) is 0 Å². The van der Waals surface area contributed by atoms with E-state index in [-0.39, 0.29) is 10.5 Å². The van der Waals surface area contributed by atoms with Crippen molar-refractivity contribution in [1.82, 2.24) is 5.32 Å². The Labute approximate surface area is 133 Å². The number of alkyl halides is 3. The van der Waals surface area contributed by atoms with Gasteiger partial charge < -0.3 is 5.32 Å². The van der Waals surface area contributed by atoms with Crippen LogP contribution in [0.15, 0.2) is 22.7 Å². The van der Waals surface area contributed by atoms with Gasteiger partial charge in [0.15, 0.2) is 0 Å². The molecule has 0 amide bonds. The molecule has 1 atom stereocenters. The first-order valence-corrected chi connectivity index (χ1v) is 8.22. The molecule has 0 radical (unpaired) electrons. The van der Waals surface area contributed by atoms with Crippen LogP contribution in [0, 0.1) is 5.92 Å². The molecular weight excluding hydrogens is 343 g/mol. The zero-order valence-corrected chi connectivity index (χ0v) is 14.3. The van der Waals surface area contributed by atoms with Gasteiger partial charge in [0.1, 0.15) is 0 Å². The average molecular weight is 366 g/mol. The van der Waals surface area contributed by atoms with Gasteiger partial charge in [0.2, 0.25) is 0 Å². The van der Waals surface area contributed by atoms with Crippen LogP contribution in [0.3, 0.4) is 0 Å². The standard InChI is InChI=1S/C16H23BrF3N/c1-4-11(5-2)9-15(21-6-3)12-7-8-14(17)13(10-12)16(18,19)20/h7-8,10-11,15,21H,4-6,9H2,1-3H3. The number of rotatable bonds is 7. The molecule has 0 heterocycles. The molecule has 120 valence electrons. The molecule has 1 rings (SSSR count). The first-order valence-electron chi connectivity index (χ1n) is 7.43. The summed E-state index contributed by atoms with van der Waals surface area (Å²) in [5.74, 6) is 0.520. The van der Waals surface area contributed by atoms with Crippen molar-refractivity contribution in [3.05, 3.63) is 33.8 Å². The van der Waals surface area contributed by atoms with Crippen molar-refractivity contribution in [3.8, 4) is 0 Å². The van der Waals surface area contributed by atoms with Crippen molar-refractivity contribution in [2.24, 2.45) is 5.92 Å². The summed E-state index contributed by atoms with van der Waals surface area (Å²) in [5.41, 5.74) is 0.103. The molecule has 0 aliphatic carbocycles. The maximum Gasteiger partial charge on any atom is 0.417 e. The van der Waals surface area contributed by atoms with Gasteiger partial charge in [-0.2, -0.15) is 13.2 Å². The fraction of sp³-hybridized carbons (Fsp3) is 0.625. The molecule has 1 N–H and O–H groups in total. The van der Waals surface area contributed by atoms with Crippen molar-refractivity contribution in [3.63, 3.8) is 0 Å². The second-order valence-electron chi connectivity index (χ2n) is 5.27. The lowest BCUT2D eigenvalue weighted by Gasteiger charge is -2.24. The maximum absolute atomic E-state index is 13.0. The van der Waals surface area contributed by atoms with Crippen molar-refractivity contribution in [2.45, 2.75) is 52.3 Å². The minimum absolute atomic E-state index is 0.0332. The Kier molecular flexibility index (Phi) is 7.21. The van der Waals surface area contributed by atoms with Crippen molar-refractivity contribution >= 4 is 15.9 Å². The van der Waals surface area contributed by atoms with E-state index in [9.17, 15) is 13.2 Å². The number of hydrogen-bond acceptors (Lipinski definition) is 1. The quantitative estimate of drug-likeness (QED) is 0.629. The van der Waals surface area contributed by atoms with E-state index >= 15 is 0 Å². The van der Waals surface area contributed by atoms with Crippen LogP contribution in [0.5, 0.6) is 0 Å². The lowest BCUT2D eigenvalue weighted by molar-refractivity contribution is -0.138. The molecule has 0 saturated heterocycles. The molecule has 0 bridgehead atoms. The van der Waals surface area contributed by atoms with Crippen LogP contribution in [-0.2, 0) is 6.18 Å². The largest absolute Gasteiger partial charge is 0.417 e. The van der Waals surface area contributed by atoms with Crippen molar-refractivity contribution in [2.75, 3.05) is 6.54 Å². The molecule has 1 nitrogen and oxygen atoms in total. The lowest BCUT2D eigenvalue weighted by Crippen LogP contribution is -2.24. The summed E-state index contributed by atoms with van der Waals surface area (Å²) < 4.78 is 39.2. The molecule has 5 heteroatoms. The minimum atomic E-state index is -4.33. The maximum atomic E-state index is 13.0. The number of halogens is 4. The highest BCUT2D eigenvalue weighted by Gasteiger charge is 2.33. The Hall–Kier alpha value is -0.550.